The Bertz CT molecular complexity index is 965. The molecule has 0 radical (unpaired) electrons. The molecule has 0 atom stereocenters. The van der Waals surface area contributed by atoms with Crippen LogP contribution in [0.15, 0.2) is 68.0 Å². The average Bonchev–Trinajstić information content (AvgIpc) is 2.73. The van der Waals surface area contributed by atoms with Gasteiger partial charge in [0.25, 0.3) is 0 Å². The third kappa shape index (κ3) is 4.43. The number of ether oxygens (including phenoxy) is 3. The van der Waals surface area contributed by atoms with Crippen LogP contribution in [0.4, 0.5) is 0 Å². The van der Waals surface area contributed by atoms with Crippen LogP contribution in [-0.4, -0.2) is 40.1 Å². The van der Waals surface area contributed by atoms with Crippen molar-refractivity contribution in [2.45, 2.75) is 0 Å². The van der Waals surface area contributed by atoms with Gasteiger partial charge in [0.05, 0.1) is 0 Å². The van der Waals surface area contributed by atoms with Crippen LogP contribution in [0, 0.1) is 0 Å². The molecule has 0 aliphatic rings. The van der Waals surface area contributed by atoms with E-state index in [0.29, 0.717) is 27.8 Å². The first-order valence-electron chi connectivity index (χ1n) is 8.47. The molecule has 3 aromatic rings. The molecule has 0 aliphatic carbocycles. The molecule has 0 bridgehead atoms. The number of hydrogen-bond donors (Lipinski definition) is 0. The zero-order chi connectivity index (χ0) is 21.2. The van der Waals surface area contributed by atoms with Gasteiger partial charge in [-0.05, 0) is 0 Å². The molecule has 0 unspecified atom stereocenters. The van der Waals surface area contributed by atoms with Gasteiger partial charge < -0.3 is 0 Å². The molecule has 152 valence electrons. The van der Waals surface area contributed by atoms with Crippen molar-refractivity contribution in [2.75, 3.05) is 21.3 Å². The van der Waals surface area contributed by atoms with E-state index in [1.165, 1.54) is 0 Å². The Kier molecular flexibility index (Phi) is 7.47. The first-order valence-corrected chi connectivity index (χ1v) is 15.7. The number of halogens is 3. The van der Waals surface area contributed by atoms with Gasteiger partial charge >= 0.3 is 201 Å². The van der Waals surface area contributed by atoms with Gasteiger partial charge in [0.1, 0.15) is 0 Å². The van der Waals surface area contributed by atoms with Gasteiger partial charge in [0, 0.05) is 0 Å². The van der Waals surface area contributed by atoms with E-state index in [1.807, 2.05) is 54.6 Å². The Balaban J connectivity index is 2.51. The van der Waals surface area contributed by atoms with Gasteiger partial charge in [-0.25, -0.2) is 0 Å². The fourth-order valence-corrected chi connectivity index (χ4v) is 14.8. The van der Waals surface area contributed by atoms with Crippen molar-refractivity contribution in [2.24, 2.45) is 0 Å². The molecule has 0 aromatic heterocycles. The van der Waals surface area contributed by atoms with Crippen molar-refractivity contribution < 1.29 is 17.2 Å². The van der Waals surface area contributed by atoms with Crippen molar-refractivity contribution in [1.82, 2.24) is 0 Å². The molecule has 0 amide bonds. The predicted octanol–water partition coefficient (Wildman–Crippen LogP) is 4.40. The molecule has 3 rings (SSSR count). The van der Waals surface area contributed by atoms with Gasteiger partial charge in [-0.2, -0.15) is 0 Å². The topological polar surface area (TPSA) is 44.8 Å². The maximum absolute atomic E-state index is 15.2. The normalized spacial score (nSPS) is 11.2. The second-order valence-electron chi connectivity index (χ2n) is 6.06. The van der Waals surface area contributed by atoms with Crippen LogP contribution < -0.4 is 24.7 Å². The molecule has 0 aliphatic heterocycles. The Hall–Kier alpha value is -0.882. The Morgan fingerprint density at radius 3 is 1.10 bits per heavy atom. The van der Waals surface area contributed by atoms with Crippen molar-refractivity contribution in [3.8, 4) is 17.2 Å². The van der Waals surface area contributed by atoms with Gasteiger partial charge in [0.2, 0.25) is 0 Å². The monoisotopic (exact) mass is 692 g/mol. The summed E-state index contributed by atoms with van der Waals surface area (Å²) in [5.41, 5.74) is 0. The Morgan fingerprint density at radius 2 is 0.862 bits per heavy atom. The number of benzene rings is 3. The van der Waals surface area contributed by atoms with Gasteiger partial charge in [-0.1, -0.05) is 0 Å². The minimum atomic E-state index is -4.76. The number of rotatable bonds is 6. The summed E-state index contributed by atoms with van der Waals surface area (Å²) >= 11 is 5.80. The SMILES string of the molecule is COc1ccc(Br)c[c]1[Sb](=[O])([c]1cc(Br)ccc1OC)[c]1cc(Br)ccc1OC. The van der Waals surface area contributed by atoms with Gasteiger partial charge in [0.15, 0.2) is 0 Å². The van der Waals surface area contributed by atoms with Crippen molar-refractivity contribution in [3.05, 3.63) is 68.0 Å². The molecule has 0 saturated carbocycles. The summed E-state index contributed by atoms with van der Waals surface area (Å²) in [6, 6.07) is 16.6. The molecule has 0 spiro atoms. The van der Waals surface area contributed by atoms with Crippen molar-refractivity contribution in [3.63, 3.8) is 0 Å². The summed E-state index contributed by atoms with van der Waals surface area (Å²) in [5.74, 6) is 1.66. The zero-order valence-electron chi connectivity index (χ0n) is 15.9. The van der Waals surface area contributed by atoms with Crippen LogP contribution >= 0.6 is 47.8 Å². The van der Waals surface area contributed by atoms with Crippen LogP contribution in [0.1, 0.15) is 0 Å². The van der Waals surface area contributed by atoms with Crippen LogP contribution in [0.2, 0.25) is 0 Å². The van der Waals surface area contributed by atoms with Gasteiger partial charge in [-0.3, -0.25) is 0 Å². The minimum absolute atomic E-state index is 0.554. The van der Waals surface area contributed by atoms with E-state index in [0.717, 1.165) is 13.4 Å². The van der Waals surface area contributed by atoms with E-state index in [9.17, 15) is 0 Å². The predicted molar refractivity (Wildman–Crippen MR) is 127 cm³/mol. The maximum atomic E-state index is 15.2. The van der Waals surface area contributed by atoms with E-state index in [2.05, 4.69) is 47.8 Å². The van der Waals surface area contributed by atoms with E-state index in [4.69, 9.17) is 14.2 Å². The summed E-state index contributed by atoms with van der Waals surface area (Å²) in [7, 11) is 4.73. The molecule has 0 saturated heterocycles. The molecule has 29 heavy (non-hydrogen) atoms. The van der Waals surface area contributed by atoms with Crippen LogP contribution in [-0.2, 0) is 3.02 Å². The Labute approximate surface area is 199 Å². The molecule has 0 N–H and O–H groups in total. The van der Waals surface area contributed by atoms with E-state index in [-0.39, 0.29) is 0 Å². The van der Waals surface area contributed by atoms with Crippen LogP contribution in [0.25, 0.3) is 0 Å². The number of hydrogen-bond acceptors (Lipinski definition) is 4. The fourth-order valence-electron chi connectivity index (χ4n) is 3.12. The molecule has 0 heterocycles. The summed E-state index contributed by atoms with van der Waals surface area (Å²) in [5, 5.41) is 0. The van der Waals surface area contributed by atoms with E-state index >= 15 is 3.02 Å². The average molecular weight is 696 g/mol. The first kappa shape index (κ1) is 22.8. The van der Waals surface area contributed by atoms with Crippen molar-refractivity contribution >= 4 is 77.1 Å². The molecule has 8 heteroatoms. The van der Waals surface area contributed by atoms with Crippen LogP contribution in [0.5, 0.6) is 17.2 Å². The fraction of sp³-hybridized carbons (Fsp3) is 0.143. The third-order valence-corrected chi connectivity index (χ3v) is 14.7. The molecular formula is C21H18Br3O4Sb. The molecule has 4 nitrogen and oxygen atoms in total. The standard InChI is InChI=1S/3C7H6BrO.O.Sb/c3*1-9-7-4-2-6(8)3-5-7;;/h3*2-4H,1H3;;. The molecule has 3 aromatic carbocycles. The van der Waals surface area contributed by atoms with Crippen molar-refractivity contribution in [1.29, 1.82) is 0 Å². The molecular weight excluding hydrogens is 678 g/mol. The first-order chi connectivity index (χ1) is 13.8. The van der Waals surface area contributed by atoms with Gasteiger partial charge in [-0.15, -0.1) is 0 Å². The molecule has 0 fully saturated rings. The summed E-state index contributed by atoms with van der Waals surface area (Å²) in [6.45, 7) is 0. The van der Waals surface area contributed by atoms with E-state index < -0.39 is 18.8 Å². The third-order valence-electron chi connectivity index (χ3n) is 4.44. The second kappa shape index (κ2) is 9.50. The summed E-state index contributed by atoms with van der Waals surface area (Å²) in [6.07, 6.45) is 0. The quantitative estimate of drug-likeness (QED) is 0.359. The number of methoxy groups -OCH3 is 3. The summed E-state index contributed by atoms with van der Waals surface area (Å²) in [4.78, 5) is 0. The summed E-state index contributed by atoms with van der Waals surface area (Å²) < 4.78 is 36.4. The van der Waals surface area contributed by atoms with E-state index in [1.54, 1.807) is 21.3 Å². The zero-order valence-corrected chi connectivity index (χ0v) is 23.2. The second-order valence-corrected chi connectivity index (χ2v) is 16.4. The Morgan fingerprint density at radius 1 is 0.586 bits per heavy atom. The van der Waals surface area contributed by atoms with Crippen LogP contribution in [0.3, 0.4) is 0 Å².